The third kappa shape index (κ3) is 2.81. The lowest BCUT2D eigenvalue weighted by molar-refractivity contribution is 0.102. The number of pyridine rings is 1. The molecule has 1 N–H and O–H groups in total. The van der Waals surface area contributed by atoms with E-state index in [1.54, 1.807) is 6.07 Å². The number of nitrogens with one attached hydrogen (secondary N) is 1. The second-order valence-corrected chi connectivity index (χ2v) is 5.69. The Balaban J connectivity index is 1.93. The Kier molecular flexibility index (Phi) is 3.82. The summed E-state index contributed by atoms with van der Waals surface area (Å²) in [6.45, 7) is 3.89. The van der Waals surface area contributed by atoms with Crippen LogP contribution in [0.25, 0.3) is 10.9 Å². The quantitative estimate of drug-likeness (QED) is 0.741. The predicted octanol–water partition coefficient (Wildman–Crippen LogP) is 4.76. The van der Waals surface area contributed by atoms with E-state index < -0.39 is 0 Å². The number of aryl methyl sites for hydroxylation is 2. The van der Waals surface area contributed by atoms with Crippen molar-refractivity contribution in [2.75, 3.05) is 5.32 Å². The van der Waals surface area contributed by atoms with Gasteiger partial charge in [0, 0.05) is 5.39 Å². The molecule has 2 aromatic carbocycles. The van der Waals surface area contributed by atoms with Crippen LogP contribution in [-0.4, -0.2) is 10.9 Å². The van der Waals surface area contributed by atoms with Crippen LogP contribution in [0.1, 0.15) is 21.6 Å². The number of nitrogens with zero attached hydrogens (tertiary/aromatic N) is 1. The van der Waals surface area contributed by atoms with E-state index in [0.29, 0.717) is 16.4 Å². The highest BCUT2D eigenvalue weighted by molar-refractivity contribution is 6.34. The van der Waals surface area contributed by atoms with Gasteiger partial charge in [-0.15, -0.1) is 0 Å². The zero-order valence-corrected chi connectivity index (χ0v) is 13.1. The van der Waals surface area contributed by atoms with Crippen LogP contribution in [-0.2, 0) is 0 Å². The highest BCUT2D eigenvalue weighted by atomic mass is 35.5. The van der Waals surface area contributed by atoms with Crippen LogP contribution in [0.3, 0.4) is 0 Å². The fourth-order valence-electron chi connectivity index (χ4n) is 2.44. The van der Waals surface area contributed by atoms with E-state index in [4.69, 9.17) is 11.6 Å². The number of halogens is 1. The second kappa shape index (κ2) is 5.78. The molecule has 1 heterocycles. The average molecular weight is 311 g/mol. The molecule has 0 radical (unpaired) electrons. The fraction of sp³-hybridized carbons (Fsp3) is 0.111. The van der Waals surface area contributed by atoms with Gasteiger partial charge in [-0.25, -0.2) is 4.98 Å². The summed E-state index contributed by atoms with van der Waals surface area (Å²) in [5.74, 6) is -0.264. The number of benzene rings is 2. The standard InChI is InChI=1S/C18H15ClN2O/c1-11-9-12(2)17(14(19)10-11)21-18(22)16-8-7-13-5-3-4-6-15(13)20-16/h3-10H,1-2H3,(H,21,22). The summed E-state index contributed by atoms with van der Waals surface area (Å²) in [7, 11) is 0. The molecular weight excluding hydrogens is 296 g/mol. The van der Waals surface area contributed by atoms with Crippen LogP contribution in [0.2, 0.25) is 5.02 Å². The van der Waals surface area contributed by atoms with Gasteiger partial charge < -0.3 is 5.32 Å². The number of amides is 1. The highest BCUT2D eigenvalue weighted by Crippen LogP contribution is 2.27. The van der Waals surface area contributed by atoms with E-state index in [9.17, 15) is 4.79 Å². The number of fused-ring (bicyclic) bond motifs is 1. The Morgan fingerprint density at radius 3 is 2.64 bits per heavy atom. The maximum atomic E-state index is 12.4. The third-order valence-corrected chi connectivity index (χ3v) is 3.80. The largest absolute Gasteiger partial charge is 0.319 e. The molecule has 0 fully saturated rings. The van der Waals surface area contributed by atoms with Crippen LogP contribution < -0.4 is 5.32 Å². The number of hydrogen-bond donors (Lipinski definition) is 1. The minimum atomic E-state index is -0.264. The molecule has 0 aliphatic carbocycles. The third-order valence-electron chi connectivity index (χ3n) is 3.50. The van der Waals surface area contributed by atoms with Crippen molar-refractivity contribution < 1.29 is 4.79 Å². The molecule has 0 aliphatic rings. The molecule has 0 unspecified atom stereocenters. The molecule has 22 heavy (non-hydrogen) atoms. The fourth-order valence-corrected chi connectivity index (χ4v) is 2.81. The van der Waals surface area contributed by atoms with Gasteiger partial charge in [0.05, 0.1) is 16.2 Å². The molecule has 1 amide bonds. The van der Waals surface area contributed by atoms with E-state index in [1.165, 1.54) is 0 Å². The van der Waals surface area contributed by atoms with Gasteiger partial charge in [0.2, 0.25) is 0 Å². The maximum absolute atomic E-state index is 12.4. The number of carbonyl (C=O) groups excluding carboxylic acids is 1. The lowest BCUT2D eigenvalue weighted by atomic mass is 10.1. The SMILES string of the molecule is Cc1cc(C)c(NC(=O)c2ccc3ccccc3n2)c(Cl)c1. The molecule has 3 aromatic rings. The molecule has 3 nitrogen and oxygen atoms in total. The van der Waals surface area contributed by atoms with E-state index in [2.05, 4.69) is 10.3 Å². The van der Waals surface area contributed by atoms with Crippen LogP contribution in [0.5, 0.6) is 0 Å². The summed E-state index contributed by atoms with van der Waals surface area (Å²) in [5.41, 5.74) is 3.78. The maximum Gasteiger partial charge on any atom is 0.274 e. The molecule has 110 valence electrons. The Labute approximate surface area is 133 Å². The van der Waals surface area contributed by atoms with Crippen LogP contribution in [0.4, 0.5) is 5.69 Å². The minimum absolute atomic E-state index is 0.264. The van der Waals surface area contributed by atoms with Crippen molar-refractivity contribution in [3.8, 4) is 0 Å². The van der Waals surface area contributed by atoms with Gasteiger partial charge >= 0.3 is 0 Å². The number of anilines is 1. The first-order valence-corrected chi connectivity index (χ1v) is 7.36. The van der Waals surface area contributed by atoms with Gasteiger partial charge in [0.15, 0.2) is 0 Å². The van der Waals surface area contributed by atoms with Gasteiger partial charge in [-0.05, 0) is 43.2 Å². The number of para-hydroxylation sites is 1. The molecular formula is C18H15ClN2O. The summed E-state index contributed by atoms with van der Waals surface area (Å²) in [6.07, 6.45) is 0. The van der Waals surface area contributed by atoms with Crippen molar-refractivity contribution in [3.05, 3.63) is 70.4 Å². The lowest BCUT2D eigenvalue weighted by Crippen LogP contribution is -2.15. The van der Waals surface area contributed by atoms with Crippen molar-refractivity contribution in [3.63, 3.8) is 0 Å². The molecule has 0 atom stereocenters. The molecule has 4 heteroatoms. The first-order valence-electron chi connectivity index (χ1n) is 6.98. The van der Waals surface area contributed by atoms with Crippen LogP contribution in [0.15, 0.2) is 48.5 Å². The molecule has 3 rings (SSSR count). The van der Waals surface area contributed by atoms with Gasteiger partial charge in [-0.2, -0.15) is 0 Å². The summed E-state index contributed by atoms with van der Waals surface area (Å²) in [6, 6.07) is 15.1. The predicted molar refractivity (Wildman–Crippen MR) is 90.6 cm³/mol. The first kappa shape index (κ1) is 14.5. The van der Waals surface area contributed by atoms with Crippen molar-refractivity contribution in [2.24, 2.45) is 0 Å². The van der Waals surface area contributed by atoms with Crippen LogP contribution in [0, 0.1) is 13.8 Å². The molecule has 0 bridgehead atoms. The number of aromatic nitrogens is 1. The van der Waals surface area contributed by atoms with Crippen molar-refractivity contribution >= 4 is 34.1 Å². The van der Waals surface area contributed by atoms with Crippen molar-refractivity contribution in [1.82, 2.24) is 4.98 Å². The smallest absolute Gasteiger partial charge is 0.274 e. The average Bonchev–Trinajstić information content (AvgIpc) is 2.50. The van der Waals surface area contributed by atoms with Gasteiger partial charge in [0.1, 0.15) is 5.69 Å². The van der Waals surface area contributed by atoms with Gasteiger partial charge in [-0.1, -0.05) is 41.9 Å². The Hall–Kier alpha value is -2.39. The Morgan fingerprint density at radius 1 is 1.09 bits per heavy atom. The van der Waals surface area contributed by atoms with Crippen molar-refractivity contribution in [1.29, 1.82) is 0 Å². The Morgan fingerprint density at radius 2 is 1.86 bits per heavy atom. The summed E-state index contributed by atoms with van der Waals surface area (Å²) < 4.78 is 0. The molecule has 0 saturated heterocycles. The van der Waals surface area contributed by atoms with Gasteiger partial charge in [0.25, 0.3) is 5.91 Å². The zero-order valence-electron chi connectivity index (χ0n) is 12.4. The van der Waals surface area contributed by atoms with E-state index >= 15 is 0 Å². The highest BCUT2D eigenvalue weighted by Gasteiger charge is 2.12. The topological polar surface area (TPSA) is 42.0 Å². The monoisotopic (exact) mass is 310 g/mol. The molecule has 0 saturated carbocycles. The lowest BCUT2D eigenvalue weighted by Gasteiger charge is -2.11. The summed E-state index contributed by atoms with van der Waals surface area (Å²) in [5, 5.41) is 4.39. The first-order chi connectivity index (χ1) is 10.5. The zero-order chi connectivity index (χ0) is 15.7. The van der Waals surface area contributed by atoms with E-state index in [0.717, 1.165) is 22.0 Å². The normalized spacial score (nSPS) is 10.7. The number of hydrogen-bond acceptors (Lipinski definition) is 2. The molecule has 0 spiro atoms. The minimum Gasteiger partial charge on any atom is -0.319 e. The van der Waals surface area contributed by atoms with Crippen molar-refractivity contribution in [2.45, 2.75) is 13.8 Å². The summed E-state index contributed by atoms with van der Waals surface area (Å²) in [4.78, 5) is 16.8. The molecule has 0 aliphatic heterocycles. The molecule has 1 aromatic heterocycles. The van der Waals surface area contributed by atoms with Gasteiger partial charge in [-0.3, -0.25) is 4.79 Å². The van der Waals surface area contributed by atoms with E-state index in [1.807, 2.05) is 56.3 Å². The number of rotatable bonds is 2. The summed E-state index contributed by atoms with van der Waals surface area (Å²) >= 11 is 6.23. The Bertz CT molecular complexity index is 851. The van der Waals surface area contributed by atoms with Crippen LogP contribution >= 0.6 is 11.6 Å². The second-order valence-electron chi connectivity index (χ2n) is 5.28. The van der Waals surface area contributed by atoms with E-state index in [-0.39, 0.29) is 5.91 Å². The number of carbonyl (C=O) groups is 1.